The maximum absolute atomic E-state index is 13.1. The first-order chi connectivity index (χ1) is 16.1. The third-order valence-corrected chi connectivity index (χ3v) is 6.31. The first-order valence-corrected chi connectivity index (χ1v) is 11.5. The molecular formula is C26H20FN3O2S. The minimum atomic E-state index is -0.348. The van der Waals surface area contributed by atoms with Crippen LogP contribution in [-0.4, -0.2) is 21.6 Å². The van der Waals surface area contributed by atoms with Gasteiger partial charge in [-0.05, 0) is 42.3 Å². The van der Waals surface area contributed by atoms with Gasteiger partial charge < -0.3 is 10.1 Å². The molecule has 5 nitrogen and oxygen atoms in total. The summed E-state index contributed by atoms with van der Waals surface area (Å²) in [7, 11) is 0. The Hall–Kier alpha value is -3.71. The second kappa shape index (κ2) is 9.03. The van der Waals surface area contributed by atoms with Gasteiger partial charge in [0.1, 0.15) is 16.6 Å². The number of halogens is 1. The molecule has 3 aromatic carbocycles. The highest BCUT2D eigenvalue weighted by atomic mass is 32.2. The van der Waals surface area contributed by atoms with E-state index in [9.17, 15) is 9.18 Å². The van der Waals surface area contributed by atoms with Crippen molar-refractivity contribution in [3.63, 3.8) is 0 Å². The first-order valence-electron chi connectivity index (χ1n) is 10.5. The molecule has 164 valence electrons. The first kappa shape index (κ1) is 21.2. The number of fused-ring (bicyclic) bond motifs is 2. The van der Waals surface area contributed by atoms with Crippen molar-refractivity contribution < 1.29 is 13.9 Å². The maximum Gasteiger partial charge on any atom is 0.234 e. The quantitative estimate of drug-likeness (QED) is 0.258. The molecule has 0 saturated carbocycles. The Bertz CT molecular complexity index is 1330. The minimum absolute atomic E-state index is 0.149. The number of thioether (sulfide) groups is 1. The summed E-state index contributed by atoms with van der Waals surface area (Å²) >= 11 is 1.34. The summed E-state index contributed by atoms with van der Waals surface area (Å²) in [5.41, 5.74) is 4.40. The molecule has 7 heteroatoms. The summed E-state index contributed by atoms with van der Waals surface area (Å²) in [6.07, 6.45) is 0.628. The highest BCUT2D eigenvalue weighted by Gasteiger charge is 2.25. The van der Waals surface area contributed by atoms with Crippen molar-refractivity contribution >= 4 is 23.4 Å². The number of anilines is 1. The van der Waals surface area contributed by atoms with Crippen molar-refractivity contribution in [1.29, 1.82) is 0 Å². The summed E-state index contributed by atoms with van der Waals surface area (Å²) < 4.78 is 19.3. The molecule has 0 fully saturated rings. The average molecular weight is 458 g/mol. The lowest BCUT2D eigenvalue weighted by Crippen LogP contribution is -2.15. The Balaban J connectivity index is 1.44. The van der Waals surface area contributed by atoms with Gasteiger partial charge in [-0.15, -0.1) is 0 Å². The van der Waals surface area contributed by atoms with Crippen LogP contribution in [0.4, 0.5) is 10.1 Å². The van der Waals surface area contributed by atoms with Crippen LogP contribution in [-0.2, 0) is 11.2 Å². The fourth-order valence-electron chi connectivity index (χ4n) is 3.66. The Morgan fingerprint density at radius 3 is 2.61 bits per heavy atom. The molecule has 4 aromatic rings. The van der Waals surface area contributed by atoms with Gasteiger partial charge in [0.05, 0.1) is 11.3 Å². The van der Waals surface area contributed by atoms with Crippen LogP contribution in [0.1, 0.15) is 16.7 Å². The van der Waals surface area contributed by atoms with E-state index in [1.54, 1.807) is 0 Å². The van der Waals surface area contributed by atoms with E-state index in [2.05, 4.69) is 5.32 Å². The van der Waals surface area contributed by atoms with Crippen LogP contribution < -0.4 is 10.1 Å². The zero-order chi connectivity index (χ0) is 22.8. The molecule has 0 spiro atoms. The summed E-state index contributed by atoms with van der Waals surface area (Å²) in [5, 5.41) is 3.50. The van der Waals surface area contributed by atoms with Gasteiger partial charge in [0, 0.05) is 17.7 Å². The normalized spacial score (nSPS) is 11.8. The lowest BCUT2D eigenvalue weighted by Gasteiger charge is -2.23. The predicted octanol–water partition coefficient (Wildman–Crippen LogP) is 6.02. The summed E-state index contributed by atoms with van der Waals surface area (Å²) in [6.45, 7) is 2.01. The van der Waals surface area contributed by atoms with Gasteiger partial charge >= 0.3 is 0 Å². The summed E-state index contributed by atoms with van der Waals surface area (Å²) in [4.78, 5) is 22.0. The van der Waals surface area contributed by atoms with E-state index in [-0.39, 0.29) is 17.5 Å². The van der Waals surface area contributed by atoms with E-state index in [0.29, 0.717) is 28.8 Å². The highest BCUT2D eigenvalue weighted by Crippen LogP contribution is 2.41. The summed E-state index contributed by atoms with van der Waals surface area (Å²) in [6, 6.07) is 21.4. The van der Waals surface area contributed by atoms with Gasteiger partial charge in [0.15, 0.2) is 5.82 Å². The lowest BCUT2D eigenvalue weighted by molar-refractivity contribution is -0.113. The van der Waals surface area contributed by atoms with Crippen LogP contribution in [0.5, 0.6) is 11.6 Å². The van der Waals surface area contributed by atoms with Gasteiger partial charge in [0.2, 0.25) is 11.8 Å². The number of benzene rings is 3. The van der Waals surface area contributed by atoms with E-state index in [1.807, 2.05) is 55.5 Å². The molecule has 1 aliphatic heterocycles. The molecule has 1 amide bonds. The number of amides is 1. The highest BCUT2D eigenvalue weighted by molar-refractivity contribution is 8.00. The second-order valence-corrected chi connectivity index (χ2v) is 8.65. The fourth-order valence-corrected chi connectivity index (χ4v) is 4.49. The van der Waals surface area contributed by atoms with Crippen molar-refractivity contribution in [1.82, 2.24) is 9.97 Å². The molecule has 1 aromatic heterocycles. The minimum Gasteiger partial charge on any atom is -0.438 e. The lowest BCUT2D eigenvalue weighted by atomic mass is 10.0. The van der Waals surface area contributed by atoms with E-state index in [0.717, 1.165) is 28.0 Å². The molecule has 0 unspecified atom stereocenters. The van der Waals surface area contributed by atoms with Gasteiger partial charge in [-0.2, -0.15) is 4.98 Å². The Morgan fingerprint density at radius 2 is 1.82 bits per heavy atom. The van der Waals surface area contributed by atoms with E-state index in [1.165, 1.54) is 36.0 Å². The van der Waals surface area contributed by atoms with E-state index >= 15 is 0 Å². The zero-order valence-electron chi connectivity index (χ0n) is 17.8. The molecule has 0 radical (unpaired) electrons. The van der Waals surface area contributed by atoms with Crippen molar-refractivity contribution in [2.45, 2.75) is 18.4 Å². The van der Waals surface area contributed by atoms with Crippen molar-refractivity contribution in [3.05, 3.63) is 95.3 Å². The van der Waals surface area contributed by atoms with Crippen molar-refractivity contribution in [2.24, 2.45) is 0 Å². The van der Waals surface area contributed by atoms with Gasteiger partial charge in [-0.25, -0.2) is 9.37 Å². The number of carbonyl (C=O) groups is 1. The number of hydrogen-bond donors (Lipinski definition) is 1. The molecule has 0 aliphatic carbocycles. The topological polar surface area (TPSA) is 64.1 Å². The molecule has 5 rings (SSSR count). The SMILES string of the molecule is Cc1cccc2c1Oc1nc(-c3ccccc3)nc(SCC(=O)Nc3ccc(F)cc3)c1C2. The van der Waals surface area contributed by atoms with Crippen LogP contribution in [0, 0.1) is 12.7 Å². The third-order valence-electron chi connectivity index (χ3n) is 5.29. The van der Waals surface area contributed by atoms with Crippen molar-refractivity contribution in [2.75, 3.05) is 11.1 Å². The standard InChI is InChI=1S/C26H20FN3O2S/c1-16-6-5-9-18-14-21-25(32-23(16)18)29-24(17-7-3-2-4-8-17)30-26(21)33-15-22(31)28-20-12-10-19(27)11-13-20/h2-13H,14-15H2,1H3,(H,28,31). The van der Waals surface area contributed by atoms with Crippen LogP contribution in [0.2, 0.25) is 0 Å². The molecule has 0 bridgehead atoms. The number of aromatic nitrogens is 2. The van der Waals surface area contributed by atoms with Gasteiger partial charge in [0.25, 0.3) is 0 Å². The van der Waals surface area contributed by atoms with Gasteiger partial charge in [-0.3, -0.25) is 4.79 Å². The smallest absolute Gasteiger partial charge is 0.234 e. The maximum atomic E-state index is 13.1. The number of carbonyl (C=O) groups excluding carboxylic acids is 1. The number of nitrogens with zero attached hydrogens (tertiary/aromatic N) is 2. The number of rotatable bonds is 5. The number of para-hydroxylation sites is 1. The molecule has 0 saturated heterocycles. The number of hydrogen-bond acceptors (Lipinski definition) is 5. The molecule has 2 heterocycles. The van der Waals surface area contributed by atoms with Crippen LogP contribution in [0.15, 0.2) is 77.8 Å². The number of aryl methyl sites for hydroxylation is 1. The number of nitrogens with one attached hydrogen (secondary N) is 1. The molecular weight excluding hydrogens is 437 g/mol. The van der Waals surface area contributed by atoms with Crippen LogP contribution >= 0.6 is 11.8 Å². The van der Waals surface area contributed by atoms with E-state index in [4.69, 9.17) is 14.7 Å². The molecule has 33 heavy (non-hydrogen) atoms. The van der Waals surface area contributed by atoms with Crippen LogP contribution in [0.25, 0.3) is 11.4 Å². The molecule has 1 aliphatic rings. The Kier molecular flexibility index (Phi) is 5.79. The molecule has 1 N–H and O–H groups in total. The largest absolute Gasteiger partial charge is 0.438 e. The Labute approximate surface area is 195 Å². The molecule has 0 atom stereocenters. The third kappa shape index (κ3) is 4.59. The number of ether oxygens (including phenoxy) is 1. The summed E-state index contributed by atoms with van der Waals surface area (Å²) in [5.74, 6) is 1.50. The Morgan fingerprint density at radius 1 is 1.03 bits per heavy atom. The van der Waals surface area contributed by atoms with E-state index < -0.39 is 0 Å². The van der Waals surface area contributed by atoms with Gasteiger partial charge in [-0.1, -0.05) is 60.3 Å². The predicted molar refractivity (Wildman–Crippen MR) is 127 cm³/mol. The second-order valence-electron chi connectivity index (χ2n) is 7.69. The fraction of sp³-hybridized carbons (Fsp3) is 0.115. The monoisotopic (exact) mass is 457 g/mol. The van der Waals surface area contributed by atoms with Crippen LogP contribution in [0.3, 0.4) is 0 Å². The average Bonchev–Trinajstić information content (AvgIpc) is 2.84. The van der Waals surface area contributed by atoms with Crippen molar-refractivity contribution in [3.8, 4) is 23.0 Å². The zero-order valence-corrected chi connectivity index (χ0v) is 18.7.